The van der Waals surface area contributed by atoms with Gasteiger partial charge in [-0.05, 0) is 11.6 Å². The molecule has 19 heavy (non-hydrogen) atoms. The molecular formula is C13H16NO4P. The zero-order valence-electron chi connectivity index (χ0n) is 10.5. The minimum absolute atomic E-state index is 0. The van der Waals surface area contributed by atoms with Gasteiger partial charge in [0.05, 0.1) is 13.7 Å². The summed E-state index contributed by atoms with van der Waals surface area (Å²) in [7, 11) is -4.05. The molecule has 0 radical (unpaired) electrons. The fourth-order valence-electron chi connectivity index (χ4n) is 1.78. The molecule has 0 aromatic heterocycles. The predicted molar refractivity (Wildman–Crippen MR) is 73.9 cm³/mol. The van der Waals surface area contributed by atoms with Gasteiger partial charge in [-0.2, -0.15) is 0 Å². The smallest absolute Gasteiger partial charge is 0.123 e. The van der Waals surface area contributed by atoms with E-state index in [1.165, 1.54) is 12.1 Å². The van der Waals surface area contributed by atoms with E-state index >= 15 is 0 Å². The summed E-state index contributed by atoms with van der Waals surface area (Å²) in [5, 5.41) is 18.8. The van der Waals surface area contributed by atoms with Crippen LogP contribution >= 0.6 is 7.37 Å². The van der Waals surface area contributed by atoms with Crippen molar-refractivity contribution in [2.45, 2.75) is 0 Å². The van der Waals surface area contributed by atoms with Gasteiger partial charge in [0.15, 0.2) is 0 Å². The molecule has 5 nitrogen and oxygen atoms in total. The van der Waals surface area contributed by atoms with E-state index < -0.39 is 13.7 Å². The van der Waals surface area contributed by atoms with Crippen LogP contribution in [0, 0.1) is 0 Å². The van der Waals surface area contributed by atoms with Crippen molar-refractivity contribution in [3.8, 4) is 16.9 Å². The Hall–Kier alpha value is -1.65. The maximum absolute atomic E-state index is 11.8. The quantitative estimate of drug-likeness (QED) is 0.741. The van der Waals surface area contributed by atoms with Crippen molar-refractivity contribution < 1.29 is 19.7 Å². The lowest BCUT2D eigenvalue weighted by atomic mass is 10.0. The normalized spacial score (nSPS) is 13.4. The molecule has 2 aromatic carbocycles. The van der Waals surface area contributed by atoms with Gasteiger partial charge in [0.25, 0.3) is 0 Å². The van der Waals surface area contributed by atoms with Crippen LogP contribution in [0.2, 0.25) is 0 Å². The van der Waals surface area contributed by atoms with Crippen molar-refractivity contribution in [1.82, 2.24) is 6.15 Å². The standard InChI is InChI=1S/C13H13O4P.H3N/c14-9-18(16,17)13-8-4-2-6-11(13)10-5-1-3-7-12(10)15;/h1-8,14-15H,9H2,(H,16,17);1H3. The Kier molecular flexibility index (Phi) is 4.86. The summed E-state index contributed by atoms with van der Waals surface area (Å²) in [5.74, 6) is 0.00268. The Morgan fingerprint density at radius 3 is 2.11 bits per heavy atom. The molecule has 2 rings (SSSR count). The number of aromatic hydroxyl groups is 1. The SMILES string of the molecule is O=P([O-])(CO)c1ccccc1-c1ccccc1O.[NH4+]. The van der Waals surface area contributed by atoms with Crippen LogP contribution in [0.3, 0.4) is 0 Å². The van der Waals surface area contributed by atoms with E-state index in [1.54, 1.807) is 36.4 Å². The average Bonchev–Trinajstić information content (AvgIpc) is 2.39. The first-order valence-electron chi connectivity index (χ1n) is 5.35. The minimum Gasteiger partial charge on any atom is -0.794 e. The zero-order valence-corrected chi connectivity index (χ0v) is 11.4. The Morgan fingerprint density at radius 1 is 1.00 bits per heavy atom. The molecule has 0 spiro atoms. The van der Waals surface area contributed by atoms with Gasteiger partial charge in [-0.3, -0.25) is 0 Å². The Bertz CT molecular complexity index is 615. The van der Waals surface area contributed by atoms with E-state index in [9.17, 15) is 14.6 Å². The van der Waals surface area contributed by atoms with Gasteiger partial charge < -0.3 is 25.8 Å². The molecule has 0 bridgehead atoms. The number of hydrogen-bond donors (Lipinski definition) is 3. The number of aliphatic hydroxyl groups is 1. The summed E-state index contributed by atoms with van der Waals surface area (Å²) < 4.78 is 11.8. The third-order valence-electron chi connectivity index (χ3n) is 2.65. The summed E-state index contributed by atoms with van der Waals surface area (Å²) >= 11 is 0. The van der Waals surface area contributed by atoms with Gasteiger partial charge >= 0.3 is 0 Å². The van der Waals surface area contributed by atoms with E-state index in [0.29, 0.717) is 11.1 Å². The molecule has 1 unspecified atom stereocenters. The number of phenols is 1. The van der Waals surface area contributed by atoms with Crippen LogP contribution in [0.15, 0.2) is 48.5 Å². The molecule has 0 saturated heterocycles. The highest BCUT2D eigenvalue weighted by atomic mass is 31.2. The van der Waals surface area contributed by atoms with Gasteiger partial charge in [0, 0.05) is 10.9 Å². The van der Waals surface area contributed by atoms with Crippen LogP contribution in [-0.2, 0) is 4.57 Å². The van der Waals surface area contributed by atoms with Crippen LogP contribution in [0.1, 0.15) is 0 Å². The molecule has 0 aliphatic rings. The summed E-state index contributed by atoms with van der Waals surface area (Å²) in [6.45, 7) is 0. The molecule has 6 N–H and O–H groups in total. The lowest BCUT2D eigenvalue weighted by Gasteiger charge is -2.24. The summed E-state index contributed by atoms with van der Waals surface area (Å²) in [6.07, 6.45) is -0.933. The second-order valence-corrected chi connectivity index (χ2v) is 5.96. The molecule has 0 fully saturated rings. The highest BCUT2D eigenvalue weighted by molar-refractivity contribution is 7.64. The topological polar surface area (TPSA) is 117 Å². The van der Waals surface area contributed by atoms with Crippen molar-refractivity contribution in [1.29, 1.82) is 0 Å². The molecule has 6 heteroatoms. The highest BCUT2D eigenvalue weighted by Crippen LogP contribution is 2.39. The number of benzene rings is 2. The summed E-state index contributed by atoms with van der Waals surface area (Å²) in [6, 6.07) is 12.8. The van der Waals surface area contributed by atoms with Gasteiger partial charge in [-0.15, -0.1) is 0 Å². The maximum Gasteiger partial charge on any atom is 0.123 e. The Morgan fingerprint density at radius 2 is 1.53 bits per heavy atom. The van der Waals surface area contributed by atoms with Crippen LogP contribution in [-0.4, -0.2) is 16.6 Å². The second-order valence-electron chi connectivity index (χ2n) is 3.85. The largest absolute Gasteiger partial charge is 0.794 e. The predicted octanol–water partition coefficient (Wildman–Crippen LogP) is 1.65. The molecule has 0 amide bonds. The third kappa shape index (κ3) is 3.03. The van der Waals surface area contributed by atoms with E-state index in [1.807, 2.05) is 0 Å². The second kappa shape index (κ2) is 5.99. The number of phenolic OH excluding ortho intramolecular Hbond substituents is 1. The summed E-state index contributed by atoms with van der Waals surface area (Å²) in [5.41, 5.74) is 0.820. The fourth-order valence-corrected chi connectivity index (χ4v) is 2.80. The highest BCUT2D eigenvalue weighted by Gasteiger charge is 2.16. The lowest BCUT2D eigenvalue weighted by Crippen LogP contribution is -2.19. The third-order valence-corrected chi connectivity index (χ3v) is 4.15. The number of quaternary nitrogens is 1. The van der Waals surface area contributed by atoms with Gasteiger partial charge in [-0.25, -0.2) is 0 Å². The number of para-hydroxylation sites is 1. The number of hydrogen-bond acceptors (Lipinski definition) is 4. The number of aliphatic hydroxyl groups excluding tert-OH is 1. The molecule has 102 valence electrons. The molecule has 0 saturated carbocycles. The summed E-state index contributed by atoms with van der Waals surface area (Å²) in [4.78, 5) is 11.8. The maximum atomic E-state index is 11.8. The zero-order chi connectivity index (χ0) is 13.2. The van der Waals surface area contributed by atoms with E-state index in [4.69, 9.17) is 5.11 Å². The number of rotatable bonds is 3. The molecule has 2 aromatic rings. The first kappa shape index (κ1) is 15.4. The molecular weight excluding hydrogens is 265 g/mol. The van der Waals surface area contributed by atoms with Gasteiger partial charge in [0.2, 0.25) is 0 Å². The van der Waals surface area contributed by atoms with Crippen LogP contribution in [0.25, 0.3) is 11.1 Å². The average molecular weight is 281 g/mol. The van der Waals surface area contributed by atoms with E-state index in [2.05, 4.69) is 0 Å². The van der Waals surface area contributed by atoms with Crippen molar-refractivity contribution in [2.24, 2.45) is 0 Å². The van der Waals surface area contributed by atoms with Crippen molar-refractivity contribution in [2.75, 3.05) is 6.35 Å². The molecule has 1 atom stereocenters. The lowest BCUT2D eigenvalue weighted by molar-refractivity contribution is -0.174. The first-order valence-corrected chi connectivity index (χ1v) is 7.16. The fraction of sp³-hybridized carbons (Fsp3) is 0.0769. The molecule has 0 heterocycles. The van der Waals surface area contributed by atoms with Crippen molar-refractivity contribution in [3.05, 3.63) is 48.5 Å². The van der Waals surface area contributed by atoms with Crippen LogP contribution < -0.4 is 16.3 Å². The van der Waals surface area contributed by atoms with Crippen molar-refractivity contribution >= 4 is 12.7 Å². The molecule has 0 aliphatic carbocycles. The van der Waals surface area contributed by atoms with Gasteiger partial charge in [0.1, 0.15) is 5.75 Å². The Labute approximate surface area is 111 Å². The van der Waals surface area contributed by atoms with E-state index in [-0.39, 0.29) is 17.2 Å². The first-order chi connectivity index (χ1) is 8.56. The van der Waals surface area contributed by atoms with Crippen molar-refractivity contribution in [3.63, 3.8) is 0 Å². The van der Waals surface area contributed by atoms with E-state index in [0.717, 1.165) is 0 Å². The minimum atomic E-state index is -4.05. The molecule has 0 aliphatic heterocycles. The monoisotopic (exact) mass is 281 g/mol. The van der Waals surface area contributed by atoms with Crippen LogP contribution in [0.4, 0.5) is 0 Å². The van der Waals surface area contributed by atoms with Crippen LogP contribution in [0.5, 0.6) is 5.75 Å². The Balaban J connectivity index is 0.00000180. The van der Waals surface area contributed by atoms with Gasteiger partial charge in [-0.1, -0.05) is 42.5 Å².